The average molecular weight is 355 g/mol. The summed E-state index contributed by atoms with van der Waals surface area (Å²) < 4.78 is 13.8. The van der Waals surface area contributed by atoms with Gasteiger partial charge in [-0.3, -0.25) is 4.79 Å². The minimum absolute atomic E-state index is 0.126. The molecule has 0 bridgehead atoms. The quantitative estimate of drug-likeness (QED) is 0.698. The molecule has 0 radical (unpaired) electrons. The van der Waals surface area contributed by atoms with Gasteiger partial charge in [-0.2, -0.15) is 0 Å². The number of nitrogens with zero attached hydrogens (tertiary/aromatic N) is 1. The largest absolute Gasteiger partial charge is 0.361 e. The highest BCUT2D eigenvalue weighted by atomic mass is 35.5. The van der Waals surface area contributed by atoms with E-state index in [1.165, 1.54) is 17.7 Å². The Morgan fingerprint density at radius 2 is 2.04 bits per heavy atom. The lowest BCUT2D eigenvalue weighted by Crippen LogP contribution is -2.35. The zero-order valence-corrected chi connectivity index (χ0v) is 14.2. The Hall–Kier alpha value is -2.59. The fraction of sp³-hybridized carbons (Fsp3) is 0.150. The number of aromatic nitrogens is 1. The number of H-pyrrole nitrogens is 1. The van der Waals surface area contributed by atoms with E-state index in [0.717, 1.165) is 22.9 Å². The van der Waals surface area contributed by atoms with Crippen molar-refractivity contribution in [1.82, 2.24) is 9.88 Å². The number of benzene rings is 2. The number of hydrogen-bond donors (Lipinski definition) is 1. The van der Waals surface area contributed by atoms with Crippen molar-refractivity contribution in [1.29, 1.82) is 0 Å². The number of halogens is 2. The van der Waals surface area contributed by atoms with Crippen molar-refractivity contribution >= 4 is 34.0 Å². The summed E-state index contributed by atoms with van der Waals surface area (Å²) in [4.78, 5) is 17.4. The normalized spacial score (nSPS) is 14.6. The van der Waals surface area contributed by atoms with Crippen LogP contribution in [0.3, 0.4) is 0 Å². The molecule has 0 saturated heterocycles. The smallest absolute Gasteiger partial charge is 0.257 e. The lowest BCUT2D eigenvalue weighted by Gasteiger charge is -2.26. The second-order valence-electron chi connectivity index (χ2n) is 6.10. The number of hydrogen-bond acceptors (Lipinski definition) is 1. The Morgan fingerprint density at radius 1 is 1.20 bits per heavy atom. The Labute approximate surface area is 149 Å². The van der Waals surface area contributed by atoms with E-state index in [4.69, 9.17) is 11.6 Å². The molecule has 2 aromatic carbocycles. The Bertz CT molecular complexity index is 992. The van der Waals surface area contributed by atoms with Crippen LogP contribution in [0.1, 0.15) is 22.3 Å². The predicted octanol–water partition coefficient (Wildman–Crippen LogP) is 4.89. The van der Waals surface area contributed by atoms with E-state index in [-0.39, 0.29) is 11.5 Å². The molecule has 126 valence electrons. The van der Waals surface area contributed by atoms with Crippen molar-refractivity contribution in [3.8, 4) is 0 Å². The third-order valence-corrected chi connectivity index (χ3v) is 4.83. The molecule has 3 nitrogen and oxygen atoms in total. The van der Waals surface area contributed by atoms with E-state index < -0.39 is 5.82 Å². The van der Waals surface area contributed by atoms with Gasteiger partial charge in [-0.15, -0.1) is 0 Å². The number of rotatable bonds is 2. The first-order chi connectivity index (χ1) is 12.1. The molecule has 0 unspecified atom stereocenters. The lowest BCUT2D eigenvalue weighted by molar-refractivity contribution is 0.0768. The standard InChI is InChI=1S/C20H16ClFN2O/c21-14-5-6-15-17(12-23-19(15)11-14)13-7-9-24(10-8-13)20(25)16-3-1-2-4-18(16)22/h1-7,11-12,23H,8-10H2. The molecule has 1 N–H and O–H groups in total. The number of nitrogens with one attached hydrogen (secondary N) is 1. The molecule has 0 atom stereocenters. The summed E-state index contributed by atoms with van der Waals surface area (Å²) in [6.07, 6.45) is 4.75. The van der Waals surface area contributed by atoms with E-state index in [1.807, 2.05) is 30.5 Å². The van der Waals surface area contributed by atoms with Crippen LogP contribution in [0, 0.1) is 5.82 Å². The van der Waals surface area contributed by atoms with Gasteiger partial charge in [-0.1, -0.05) is 35.9 Å². The van der Waals surface area contributed by atoms with E-state index in [1.54, 1.807) is 17.0 Å². The molecular formula is C20H16ClFN2O. The molecule has 1 aromatic heterocycles. The summed E-state index contributed by atoms with van der Waals surface area (Å²) >= 11 is 6.03. The molecule has 0 saturated carbocycles. The van der Waals surface area contributed by atoms with Gasteiger partial charge >= 0.3 is 0 Å². The lowest BCUT2D eigenvalue weighted by atomic mass is 9.98. The van der Waals surface area contributed by atoms with Gasteiger partial charge in [-0.25, -0.2) is 4.39 Å². The van der Waals surface area contributed by atoms with Gasteiger partial charge in [0, 0.05) is 40.8 Å². The van der Waals surface area contributed by atoms with Crippen molar-refractivity contribution in [2.45, 2.75) is 6.42 Å². The molecule has 1 amide bonds. The van der Waals surface area contributed by atoms with Crippen LogP contribution in [0.2, 0.25) is 5.02 Å². The van der Waals surface area contributed by atoms with Gasteiger partial charge in [0.15, 0.2) is 0 Å². The van der Waals surface area contributed by atoms with E-state index in [2.05, 4.69) is 4.98 Å². The molecule has 1 aliphatic heterocycles. The molecule has 0 fully saturated rings. The molecule has 5 heteroatoms. The second kappa shape index (κ2) is 6.37. The van der Waals surface area contributed by atoms with E-state index in [9.17, 15) is 9.18 Å². The summed E-state index contributed by atoms with van der Waals surface area (Å²) in [5.41, 5.74) is 3.44. The average Bonchev–Trinajstić information content (AvgIpc) is 3.04. The molecule has 0 spiro atoms. The molecule has 1 aliphatic rings. The monoisotopic (exact) mass is 354 g/mol. The number of carbonyl (C=O) groups excluding carboxylic acids is 1. The van der Waals surface area contributed by atoms with Crippen LogP contribution in [-0.4, -0.2) is 28.9 Å². The topological polar surface area (TPSA) is 36.1 Å². The number of aromatic amines is 1. The van der Waals surface area contributed by atoms with Crippen molar-refractivity contribution < 1.29 is 9.18 Å². The summed E-state index contributed by atoms with van der Waals surface area (Å²) in [6, 6.07) is 11.9. The zero-order valence-electron chi connectivity index (χ0n) is 13.4. The van der Waals surface area contributed by atoms with Gasteiger partial charge in [-0.05, 0) is 36.3 Å². The number of carbonyl (C=O) groups is 1. The molecule has 3 aromatic rings. The highest BCUT2D eigenvalue weighted by Crippen LogP contribution is 2.31. The van der Waals surface area contributed by atoms with Crippen LogP contribution in [-0.2, 0) is 0 Å². The van der Waals surface area contributed by atoms with Crippen LogP contribution in [0.15, 0.2) is 54.7 Å². The van der Waals surface area contributed by atoms with Crippen LogP contribution in [0.25, 0.3) is 16.5 Å². The highest BCUT2D eigenvalue weighted by molar-refractivity contribution is 6.31. The van der Waals surface area contributed by atoms with E-state index in [0.29, 0.717) is 18.1 Å². The summed E-state index contributed by atoms with van der Waals surface area (Å²) in [5.74, 6) is -0.741. The van der Waals surface area contributed by atoms with E-state index >= 15 is 0 Å². The van der Waals surface area contributed by atoms with Crippen molar-refractivity contribution in [2.24, 2.45) is 0 Å². The predicted molar refractivity (Wildman–Crippen MR) is 98.2 cm³/mol. The molecule has 0 aliphatic carbocycles. The third kappa shape index (κ3) is 2.94. The van der Waals surface area contributed by atoms with Crippen molar-refractivity contribution in [3.05, 3.63) is 76.7 Å². The van der Waals surface area contributed by atoms with Crippen LogP contribution in [0.4, 0.5) is 4.39 Å². The second-order valence-corrected chi connectivity index (χ2v) is 6.54. The Balaban J connectivity index is 1.58. The van der Waals surface area contributed by atoms with Gasteiger partial charge in [0.2, 0.25) is 0 Å². The summed E-state index contributed by atoms with van der Waals surface area (Å²) in [5, 5.41) is 1.81. The number of fused-ring (bicyclic) bond motifs is 1. The van der Waals surface area contributed by atoms with Gasteiger partial charge in [0.1, 0.15) is 5.82 Å². The van der Waals surface area contributed by atoms with Gasteiger partial charge < -0.3 is 9.88 Å². The van der Waals surface area contributed by atoms with Crippen molar-refractivity contribution in [2.75, 3.05) is 13.1 Å². The van der Waals surface area contributed by atoms with Crippen LogP contribution in [0.5, 0.6) is 0 Å². The Kier molecular flexibility index (Phi) is 4.06. The highest BCUT2D eigenvalue weighted by Gasteiger charge is 2.22. The van der Waals surface area contributed by atoms with Gasteiger partial charge in [0.25, 0.3) is 5.91 Å². The maximum absolute atomic E-state index is 13.8. The molecule has 4 rings (SSSR count). The van der Waals surface area contributed by atoms with Crippen LogP contribution >= 0.6 is 11.6 Å². The minimum atomic E-state index is -0.476. The first kappa shape index (κ1) is 15.9. The first-order valence-electron chi connectivity index (χ1n) is 8.13. The molecular weight excluding hydrogens is 339 g/mol. The molecule has 25 heavy (non-hydrogen) atoms. The fourth-order valence-corrected chi connectivity index (χ4v) is 3.44. The van der Waals surface area contributed by atoms with Gasteiger partial charge in [0.05, 0.1) is 5.56 Å². The zero-order chi connectivity index (χ0) is 17.4. The molecule has 2 heterocycles. The summed E-state index contributed by atoms with van der Waals surface area (Å²) in [7, 11) is 0. The first-order valence-corrected chi connectivity index (χ1v) is 8.51. The number of amides is 1. The fourth-order valence-electron chi connectivity index (χ4n) is 3.27. The summed E-state index contributed by atoms with van der Waals surface area (Å²) in [6.45, 7) is 1.04. The third-order valence-electron chi connectivity index (χ3n) is 4.59. The maximum Gasteiger partial charge on any atom is 0.257 e. The Morgan fingerprint density at radius 3 is 2.80 bits per heavy atom. The van der Waals surface area contributed by atoms with Crippen molar-refractivity contribution in [3.63, 3.8) is 0 Å². The van der Waals surface area contributed by atoms with Crippen LogP contribution < -0.4 is 0 Å². The minimum Gasteiger partial charge on any atom is -0.361 e. The maximum atomic E-state index is 13.8. The SMILES string of the molecule is O=C(c1ccccc1F)N1CC=C(c2c[nH]c3cc(Cl)ccc23)CC1.